The number of primary sulfonamides is 1. The van der Waals surface area contributed by atoms with Gasteiger partial charge in [-0.25, -0.2) is 13.6 Å². The van der Waals surface area contributed by atoms with Crippen molar-refractivity contribution in [3.8, 4) is 5.69 Å². The summed E-state index contributed by atoms with van der Waals surface area (Å²) in [5.74, 6) is -0.789. The van der Waals surface area contributed by atoms with Crippen LogP contribution in [0.3, 0.4) is 0 Å². The Morgan fingerprint density at radius 3 is 2.26 bits per heavy atom. The maximum atomic E-state index is 12.8. The van der Waals surface area contributed by atoms with Crippen LogP contribution in [0.2, 0.25) is 0 Å². The number of Topliss-reactive ketones (excluding diaryl/α,β-unsaturated/α-hetero) is 1. The molecular weight excluding hydrogens is 452 g/mol. The smallest absolute Gasteiger partial charge is 0.310 e. The van der Waals surface area contributed by atoms with Crippen molar-refractivity contribution in [3.63, 3.8) is 0 Å². The number of rotatable bonds is 7. The number of ketones is 1. The highest BCUT2D eigenvalue weighted by molar-refractivity contribution is 7.89. The monoisotopic (exact) mass is 476 g/mol. The number of esters is 1. The van der Waals surface area contributed by atoms with E-state index in [0.717, 1.165) is 22.0 Å². The maximum absolute atomic E-state index is 12.8. The van der Waals surface area contributed by atoms with Crippen LogP contribution in [0, 0.1) is 13.8 Å². The average Bonchev–Trinajstić information content (AvgIpc) is 3.10. The molecule has 0 bridgehead atoms. The lowest BCUT2D eigenvalue weighted by molar-refractivity contribution is -0.141. The molecule has 0 fully saturated rings. The molecule has 0 spiro atoms. The maximum Gasteiger partial charge on any atom is 0.310 e. The Bertz CT molecular complexity index is 1500. The molecule has 174 valence electrons. The highest BCUT2D eigenvalue weighted by Crippen LogP contribution is 2.23. The first-order chi connectivity index (χ1) is 16.1. The summed E-state index contributed by atoms with van der Waals surface area (Å²) in [6.07, 6.45) is 0.0769. The molecule has 0 aliphatic carbocycles. The Balaban J connectivity index is 1.44. The Kier molecular flexibility index (Phi) is 6.37. The van der Waals surface area contributed by atoms with E-state index < -0.39 is 16.0 Å². The minimum atomic E-state index is -3.79. The van der Waals surface area contributed by atoms with Crippen LogP contribution in [0.15, 0.2) is 77.7 Å². The summed E-state index contributed by atoms with van der Waals surface area (Å²) < 4.78 is 30.1. The van der Waals surface area contributed by atoms with Crippen LogP contribution < -0.4 is 5.14 Å². The molecule has 0 saturated carbocycles. The molecular formula is C26H24N2O5S. The van der Waals surface area contributed by atoms with E-state index in [1.54, 1.807) is 25.1 Å². The summed E-state index contributed by atoms with van der Waals surface area (Å²) in [5.41, 5.74) is 3.39. The number of carbonyl (C=O) groups excluding carboxylic acids is 2. The van der Waals surface area contributed by atoms with Gasteiger partial charge in [0.25, 0.3) is 0 Å². The number of aryl methyl sites for hydroxylation is 1. The molecule has 8 heteroatoms. The predicted octanol–water partition coefficient (Wildman–Crippen LogP) is 3.86. The largest absolute Gasteiger partial charge is 0.457 e. The standard InChI is InChI=1S/C26H24N2O5S/c1-17-13-24(18(2)28(17)22-9-11-23(12-10-22)34(27,31)32)25(29)16-33-26(30)15-19-7-8-20-5-3-4-6-21(20)14-19/h3-14H,15-16H2,1-2H3,(H2,27,31,32). The first-order valence-electron chi connectivity index (χ1n) is 10.6. The Hall–Kier alpha value is -3.75. The first kappa shape index (κ1) is 23.4. The van der Waals surface area contributed by atoms with Crippen LogP contribution >= 0.6 is 0 Å². The van der Waals surface area contributed by atoms with Gasteiger partial charge in [-0.3, -0.25) is 9.59 Å². The third-order valence-corrected chi connectivity index (χ3v) is 6.61. The zero-order valence-electron chi connectivity index (χ0n) is 18.8. The number of carbonyl (C=O) groups is 2. The Morgan fingerprint density at radius 2 is 1.59 bits per heavy atom. The van der Waals surface area contributed by atoms with Crippen LogP contribution in [-0.2, 0) is 26.0 Å². The second kappa shape index (κ2) is 9.24. The van der Waals surface area contributed by atoms with Gasteiger partial charge in [0.2, 0.25) is 15.8 Å². The van der Waals surface area contributed by atoms with Crippen molar-refractivity contribution in [1.82, 2.24) is 4.57 Å². The fraction of sp³-hybridized carbons (Fsp3) is 0.154. The highest BCUT2D eigenvalue weighted by atomic mass is 32.2. The molecule has 0 amide bonds. The van der Waals surface area contributed by atoms with E-state index in [9.17, 15) is 18.0 Å². The summed E-state index contributed by atoms with van der Waals surface area (Å²) in [6.45, 7) is 3.26. The Morgan fingerprint density at radius 1 is 0.912 bits per heavy atom. The molecule has 3 aromatic carbocycles. The molecule has 4 aromatic rings. The van der Waals surface area contributed by atoms with E-state index in [1.165, 1.54) is 12.1 Å². The van der Waals surface area contributed by atoms with E-state index in [1.807, 2.05) is 54.0 Å². The van der Waals surface area contributed by atoms with Gasteiger partial charge >= 0.3 is 5.97 Å². The van der Waals surface area contributed by atoms with Gasteiger partial charge in [-0.1, -0.05) is 42.5 Å². The summed E-state index contributed by atoms with van der Waals surface area (Å²) in [4.78, 5) is 25.1. The second-order valence-electron chi connectivity index (χ2n) is 8.10. The third-order valence-electron chi connectivity index (χ3n) is 5.68. The topological polar surface area (TPSA) is 108 Å². The van der Waals surface area contributed by atoms with Crippen LogP contribution in [0.1, 0.15) is 27.3 Å². The van der Waals surface area contributed by atoms with E-state index in [2.05, 4.69) is 0 Å². The molecule has 4 rings (SSSR count). The van der Waals surface area contributed by atoms with Crippen molar-refractivity contribution in [2.75, 3.05) is 6.61 Å². The lowest BCUT2D eigenvalue weighted by Crippen LogP contribution is -2.16. The fourth-order valence-corrected chi connectivity index (χ4v) is 4.53. The van der Waals surface area contributed by atoms with Gasteiger partial charge in [0.05, 0.1) is 11.3 Å². The SMILES string of the molecule is Cc1cc(C(=O)COC(=O)Cc2ccc3ccccc3c2)c(C)n1-c1ccc(S(N)(=O)=O)cc1. The Labute approximate surface area is 197 Å². The number of nitrogens with two attached hydrogens (primary N) is 1. The van der Waals surface area contributed by atoms with Crippen LogP contribution in [0.4, 0.5) is 0 Å². The number of hydrogen-bond donors (Lipinski definition) is 1. The van der Waals surface area contributed by atoms with Gasteiger partial charge in [-0.15, -0.1) is 0 Å². The summed E-state index contributed by atoms with van der Waals surface area (Å²) in [5, 5.41) is 7.28. The number of sulfonamides is 1. The number of nitrogens with zero attached hydrogens (tertiary/aromatic N) is 1. The molecule has 7 nitrogen and oxygen atoms in total. The fourth-order valence-electron chi connectivity index (χ4n) is 4.02. The van der Waals surface area contributed by atoms with Crippen LogP contribution in [0.5, 0.6) is 0 Å². The lowest BCUT2D eigenvalue weighted by atomic mass is 10.1. The van der Waals surface area contributed by atoms with Crippen molar-refractivity contribution in [3.05, 3.63) is 95.3 Å². The predicted molar refractivity (Wildman–Crippen MR) is 130 cm³/mol. The average molecular weight is 477 g/mol. The zero-order valence-corrected chi connectivity index (χ0v) is 19.6. The van der Waals surface area contributed by atoms with Gasteiger partial charge in [-0.05, 0) is 60.5 Å². The van der Waals surface area contributed by atoms with Gasteiger partial charge in [0.15, 0.2) is 6.61 Å². The molecule has 1 heterocycles. The van der Waals surface area contributed by atoms with E-state index in [4.69, 9.17) is 9.88 Å². The minimum absolute atomic E-state index is 0.00772. The van der Waals surface area contributed by atoms with Crippen molar-refractivity contribution in [2.24, 2.45) is 5.14 Å². The van der Waals surface area contributed by atoms with Crippen molar-refractivity contribution in [1.29, 1.82) is 0 Å². The molecule has 0 aliphatic heterocycles. The zero-order chi connectivity index (χ0) is 24.5. The molecule has 0 saturated heterocycles. The number of hydrogen-bond acceptors (Lipinski definition) is 5. The molecule has 0 aliphatic rings. The van der Waals surface area contributed by atoms with E-state index in [0.29, 0.717) is 16.9 Å². The van der Waals surface area contributed by atoms with Crippen molar-refractivity contribution >= 4 is 32.5 Å². The molecule has 0 radical (unpaired) electrons. The molecule has 34 heavy (non-hydrogen) atoms. The van der Waals surface area contributed by atoms with E-state index >= 15 is 0 Å². The number of aromatic nitrogens is 1. The van der Waals surface area contributed by atoms with Crippen molar-refractivity contribution < 1.29 is 22.7 Å². The van der Waals surface area contributed by atoms with Crippen molar-refractivity contribution in [2.45, 2.75) is 25.2 Å². The number of ether oxygens (including phenoxy) is 1. The summed E-state index contributed by atoms with van der Waals surface area (Å²) in [6, 6.07) is 21.4. The van der Waals surface area contributed by atoms with Gasteiger partial charge in [0, 0.05) is 22.6 Å². The molecule has 1 aromatic heterocycles. The molecule has 2 N–H and O–H groups in total. The number of benzene rings is 3. The second-order valence-corrected chi connectivity index (χ2v) is 9.66. The molecule has 0 atom stereocenters. The third kappa shape index (κ3) is 4.93. The minimum Gasteiger partial charge on any atom is -0.457 e. The first-order valence-corrected chi connectivity index (χ1v) is 12.2. The summed E-state index contributed by atoms with van der Waals surface area (Å²) >= 11 is 0. The van der Waals surface area contributed by atoms with Gasteiger partial charge in [-0.2, -0.15) is 0 Å². The van der Waals surface area contributed by atoms with Gasteiger partial charge < -0.3 is 9.30 Å². The van der Waals surface area contributed by atoms with Gasteiger partial charge in [0.1, 0.15) is 0 Å². The lowest BCUT2D eigenvalue weighted by Gasteiger charge is -2.11. The van der Waals surface area contributed by atoms with Crippen LogP contribution in [-0.4, -0.2) is 31.3 Å². The number of fused-ring (bicyclic) bond motifs is 1. The van der Waals surface area contributed by atoms with Crippen LogP contribution in [0.25, 0.3) is 16.5 Å². The normalized spacial score (nSPS) is 11.5. The molecule has 0 unspecified atom stereocenters. The summed E-state index contributed by atoms with van der Waals surface area (Å²) in [7, 11) is -3.79. The quantitative estimate of drug-likeness (QED) is 0.322. The van der Waals surface area contributed by atoms with E-state index in [-0.39, 0.29) is 23.7 Å². The highest BCUT2D eigenvalue weighted by Gasteiger charge is 2.19.